The van der Waals surface area contributed by atoms with Crippen molar-refractivity contribution in [2.24, 2.45) is 0 Å². The Morgan fingerprint density at radius 2 is 2.00 bits per heavy atom. The molecule has 0 amide bonds. The van der Waals surface area contributed by atoms with Crippen molar-refractivity contribution in [3.05, 3.63) is 0 Å². The number of rotatable bonds is 7. The lowest BCUT2D eigenvalue weighted by atomic mass is 10.3. The zero-order chi connectivity index (χ0) is 12.3. The van der Waals surface area contributed by atoms with Gasteiger partial charge in [0.1, 0.15) is 0 Å². The van der Waals surface area contributed by atoms with Crippen molar-refractivity contribution >= 4 is 17.3 Å². The van der Waals surface area contributed by atoms with Crippen molar-refractivity contribution < 1.29 is 9.47 Å². The second kappa shape index (κ2) is 9.58. The highest BCUT2D eigenvalue weighted by atomic mass is 32.1. The van der Waals surface area contributed by atoms with Gasteiger partial charge in [0.2, 0.25) is 0 Å². The number of hydrogen-bond acceptors (Lipinski definition) is 4. The van der Waals surface area contributed by atoms with Gasteiger partial charge in [-0.2, -0.15) is 0 Å². The molecule has 5 nitrogen and oxygen atoms in total. The van der Waals surface area contributed by atoms with Crippen LogP contribution in [0.1, 0.15) is 6.42 Å². The molecule has 0 atom stereocenters. The highest BCUT2D eigenvalue weighted by molar-refractivity contribution is 7.80. The minimum absolute atomic E-state index is 0.676. The fourth-order valence-electron chi connectivity index (χ4n) is 1.66. The van der Waals surface area contributed by atoms with E-state index < -0.39 is 0 Å². The summed E-state index contributed by atoms with van der Waals surface area (Å²) in [5, 5.41) is 6.98. The summed E-state index contributed by atoms with van der Waals surface area (Å²) in [6.45, 7) is 7.29. The van der Waals surface area contributed by atoms with E-state index in [9.17, 15) is 0 Å². The summed E-state index contributed by atoms with van der Waals surface area (Å²) in [5.41, 5.74) is 0. The van der Waals surface area contributed by atoms with E-state index in [0.29, 0.717) is 11.7 Å². The van der Waals surface area contributed by atoms with E-state index in [4.69, 9.17) is 21.7 Å². The molecule has 100 valence electrons. The number of nitrogens with zero attached hydrogens (tertiary/aromatic N) is 1. The summed E-state index contributed by atoms with van der Waals surface area (Å²) < 4.78 is 10.2. The molecule has 0 aliphatic carbocycles. The van der Waals surface area contributed by atoms with Crippen LogP contribution in [0.3, 0.4) is 0 Å². The van der Waals surface area contributed by atoms with E-state index in [0.717, 1.165) is 52.4 Å². The van der Waals surface area contributed by atoms with Gasteiger partial charge in [-0.3, -0.25) is 4.90 Å². The first kappa shape index (κ1) is 14.6. The Morgan fingerprint density at radius 3 is 2.71 bits per heavy atom. The molecule has 17 heavy (non-hydrogen) atoms. The molecule has 0 unspecified atom stereocenters. The Kier molecular flexibility index (Phi) is 8.25. The van der Waals surface area contributed by atoms with Crippen molar-refractivity contribution in [2.45, 2.75) is 6.42 Å². The van der Waals surface area contributed by atoms with Gasteiger partial charge in [-0.25, -0.2) is 0 Å². The van der Waals surface area contributed by atoms with Gasteiger partial charge in [0, 0.05) is 33.3 Å². The summed E-state index contributed by atoms with van der Waals surface area (Å²) in [4.78, 5) is 2.42. The van der Waals surface area contributed by atoms with E-state index in [-0.39, 0.29) is 0 Å². The maximum atomic E-state index is 5.30. The van der Waals surface area contributed by atoms with Gasteiger partial charge in [0.05, 0.1) is 19.8 Å². The lowest BCUT2D eigenvalue weighted by molar-refractivity contribution is 0.0376. The average Bonchev–Trinajstić information content (AvgIpc) is 2.36. The molecule has 0 bridgehead atoms. The molecule has 1 fully saturated rings. The van der Waals surface area contributed by atoms with Crippen LogP contribution < -0.4 is 10.6 Å². The summed E-state index contributed by atoms with van der Waals surface area (Å²) in [5.74, 6) is 0. The molecule has 0 aromatic rings. The predicted octanol–water partition coefficient (Wildman–Crippen LogP) is -0.181. The molecule has 0 saturated carbocycles. The zero-order valence-corrected chi connectivity index (χ0v) is 11.4. The van der Waals surface area contributed by atoms with Gasteiger partial charge in [0.25, 0.3) is 0 Å². The fourth-order valence-corrected chi connectivity index (χ4v) is 1.86. The Bertz CT molecular complexity index is 211. The lowest BCUT2D eigenvalue weighted by Gasteiger charge is -2.26. The van der Waals surface area contributed by atoms with Gasteiger partial charge in [-0.15, -0.1) is 0 Å². The first-order valence-corrected chi connectivity index (χ1v) is 6.54. The van der Waals surface area contributed by atoms with Crippen molar-refractivity contribution in [1.29, 1.82) is 0 Å². The topological polar surface area (TPSA) is 45.8 Å². The molecule has 0 aromatic heterocycles. The van der Waals surface area contributed by atoms with Gasteiger partial charge in [-0.05, 0) is 25.2 Å². The van der Waals surface area contributed by atoms with Crippen LogP contribution in [0.15, 0.2) is 0 Å². The second-order valence-electron chi connectivity index (χ2n) is 3.98. The molecular formula is C11H23N3O2S. The van der Waals surface area contributed by atoms with E-state index in [2.05, 4.69) is 15.5 Å². The summed E-state index contributed by atoms with van der Waals surface area (Å²) in [6.07, 6.45) is 1.10. The van der Waals surface area contributed by atoms with Gasteiger partial charge >= 0.3 is 0 Å². The average molecular weight is 261 g/mol. The standard InChI is InChI=1S/C11H23N3O2S/c1-15-8-4-13-11(17)12-3-2-5-14-6-9-16-10-7-14/h2-10H2,1H3,(H2,12,13,17). The lowest BCUT2D eigenvalue weighted by Crippen LogP contribution is -2.40. The monoisotopic (exact) mass is 261 g/mol. The molecule has 6 heteroatoms. The normalized spacial score (nSPS) is 16.8. The van der Waals surface area contributed by atoms with E-state index in [1.54, 1.807) is 7.11 Å². The predicted molar refractivity (Wildman–Crippen MR) is 72.4 cm³/mol. The zero-order valence-electron chi connectivity index (χ0n) is 10.5. The molecule has 1 aliphatic rings. The van der Waals surface area contributed by atoms with Crippen molar-refractivity contribution in [1.82, 2.24) is 15.5 Å². The number of morpholine rings is 1. The second-order valence-corrected chi connectivity index (χ2v) is 4.39. The van der Waals surface area contributed by atoms with Crippen LogP contribution in [-0.2, 0) is 9.47 Å². The van der Waals surface area contributed by atoms with Crippen LogP contribution in [-0.4, -0.2) is 69.7 Å². The fraction of sp³-hybridized carbons (Fsp3) is 0.909. The third kappa shape index (κ3) is 7.49. The molecule has 2 N–H and O–H groups in total. The number of ether oxygens (including phenoxy) is 2. The smallest absolute Gasteiger partial charge is 0.166 e. The SMILES string of the molecule is COCCNC(=S)NCCCN1CCOCC1. The molecule has 1 rings (SSSR count). The number of methoxy groups -OCH3 is 1. The molecular weight excluding hydrogens is 238 g/mol. The molecule has 0 aromatic carbocycles. The van der Waals surface area contributed by atoms with Crippen molar-refractivity contribution in [2.75, 3.05) is 59.7 Å². The molecule has 1 saturated heterocycles. The molecule has 1 heterocycles. The maximum absolute atomic E-state index is 5.30. The first-order chi connectivity index (χ1) is 8.33. The van der Waals surface area contributed by atoms with Crippen molar-refractivity contribution in [3.8, 4) is 0 Å². The Morgan fingerprint density at radius 1 is 1.29 bits per heavy atom. The summed E-state index contributed by atoms with van der Waals surface area (Å²) >= 11 is 5.13. The van der Waals surface area contributed by atoms with Crippen LogP contribution in [0.5, 0.6) is 0 Å². The van der Waals surface area contributed by atoms with E-state index in [1.165, 1.54) is 0 Å². The van der Waals surface area contributed by atoms with Gasteiger partial charge in [-0.1, -0.05) is 0 Å². The quantitative estimate of drug-likeness (QED) is 0.490. The third-order valence-electron chi connectivity index (χ3n) is 2.63. The summed E-state index contributed by atoms with van der Waals surface area (Å²) in [6, 6.07) is 0. The van der Waals surface area contributed by atoms with Crippen LogP contribution in [0.25, 0.3) is 0 Å². The summed E-state index contributed by atoms with van der Waals surface area (Å²) in [7, 11) is 1.68. The van der Waals surface area contributed by atoms with Gasteiger partial charge < -0.3 is 20.1 Å². The highest BCUT2D eigenvalue weighted by Gasteiger charge is 2.08. The number of thiocarbonyl (C=S) groups is 1. The van der Waals surface area contributed by atoms with Crippen molar-refractivity contribution in [3.63, 3.8) is 0 Å². The number of hydrogen-bond donors (Lipinski definition) is 2. The number of nitrogens with one attached hydrogen (secondary N) is 2. The Hall–Kier alpha value is -0.430. The molecule has 1 aliphatic heterocycles. The van der Waals surface area contributed by atoms with Gasteiger partial charge in [0.15, 0.2) is 5.11 Å². The largest absolute Gasteiger partial charge is 0.383 e. The van der Waals surface area contributed by atoms with Crippen LogP contribution in [0, 0.1) is 0 Å². The Labute approximate surface area is 109 Å². The van der Waals surface area contributed by atoms with Crippen LogP contribution in [0.2, 0.25) is 0 Å². The van der Waals surface area contributed by atoms with Crippen LogP contribution >= 0.6 is 12.2 Å². The van der Waals surface area contributed by atoms with E-state index >= 15 is 0 Å². The molecule has 0 spiro atoms. The highest BCUT2D eigenvalue weighted by Crippen LogP contribution is 1.97. The van der Waals surface area contributed by atoms with E-state index in [1.807, 2.05) is 0 Å². The minimum atomic E-state index is 0.676. The first-order valence-electron chi connectivity index (χ1n) is 6.13. The minimum Gasteiger partial charge on any atom is -0.383 e. The Balaban J connectivity index is 1.90. The van der Waals surface area contributed by atoms with Crippen LogP contribution in [0.4, 0.5) is 0 Å². The maximum Gasteiger partial charge on any atom is 0.166 e. The molecule has 0 radical (unpaired) electrons. The third-order valence-corrected chi connectivity index (χ3v) is 2.92.